The Kier molecular flexibility index (Phi) is 9.00. The van der Waals surface area contributed by atoms with Gasteiger partial charge in [-0.1, -0.05) is 35.0 Å². The number of aromatic nitrogens is 3. The lowest BCUT2D eigenvalue weighted by atomic mass is 10.1. The second-order valence-electron chi connectivity index (χ2n) is 9.21. The highest BCUT2D eigenvalue weighted by atomic mass is 35.5. The third-order valence-corrected chi connectivity index (χ3v) is 9.62. The zero-order valence-electron chi connectivity index (χ0n) is 21.1. The predicted molar refractivity (Wildman–Crippen MR) is 145 cm³/mol. The predicted octanol–water partition coefficient (Wildman–Crippen LogP) is 4.11. The fourth-order valence-electron chi connectivity index (χ4n) is 4.35. The summed E-state index contributed by atoms with van der Waals surface area (Å²) >= 11 is 5.90. The molecule has 38 heavy (non-hydrogen) atoms. The van der Waals surface area contributed by atoms with E-state index < -0.39 is 8.80 Å². The van der Waals surface area contributed by atoms with Crippen LogP contribution >= 0.6 is 11.6 Å². The molecule has 0 radical (unpaired) electrons. The van der Waals surface area contributed by atoms with E-state index in [0.717, 1.165) is 43.4 Å². The number of ketones is 1. The number of benzene rings is 2. The van der Waals surface area contributed by atoms with Crippen LogP contribution in [0.1, 0.15) is 28.0 Å². The first kappa shape index (κ1) is 26.7. The Morgan fingerprint density at radius 1 is 1.00 bits per heavy atom. The Bertz CT molecular complexity index is 1210. The average molecular weight is 555 g/mol. The molecule has 0 N–H and O–H groups in total. The van der Waals surface area contributed by atoms with E-state index in [0.29, 0.717) is 42.7 Å². The third-order valence-electron chi connectivity index (χ3n) is 6.47. The zero-order valence-corrected chi connectivity index (χ0v) is 22.9. The quantitative estimate of drug-likeness (QED) is 0.210. The van der Waals surface area contributed by atoms with Crippen LogP contribution in [0.25, 0.3) is 6.08 Å². The van der Waals surface area contributed by atoms with Crippen molar-refractivity contribution in [2.75, 3.05) is 39.5 Å². The fourth-order valence-corrected chi connectivity index (χ4v) is 6.96. The molecular weight excluding hydrogens is 524 g/mol. The number of hydrogen-bond donors (Lipinski definition) is 0. The molecule has 0 amide bonds. The number of hydrogen-bond acceptors (Lipinski definition) is 8. The van der Waals surface area contributed by atoms with Gasteiger partial charge in [-0.05, 0) is 54.5 Å². The summed E-state index contributed by atoms with van der Waals surface area (Å²) in [5.41, 5.74) is 2.22. The summed E-state index contributed by atoms with van der Waals surface area (Å²) in [6.45, 7) is 5.78. The average Bonchev–Trinajstić information content (AvgIpc) is 3.35. The van der Waals surface area contributed by atoms with E-state index in [2.05, 4.69) is 15.2 Å². The minimum atomic E-state index is -2.62. The van der Waals surface area contributed by atoms with Gasteiger partial charge in [-0.15, -0.1) is 5.10 Å². The van der Waals surface area contributed by atoms with Crippen LogP contribution in [0.4, 0.5) is 0 Å². The van der Waals surface area contributed by atoms with Gasteiger partial charge in [-0.25, -0.2) is 0 Å². The van der Waals surface area contributed by atoms with Gasteiger partial charge >= 0.3 is 8.80 Å². The van der Waals surface area contributed by atoms with E-state index in [1.54, 1.807) is 48.6 Å². The summed E-state index contributed by atoms with van der Waals surface area (Å²) in [5, 5.41) is 9.10. The largest absolute Gasteiger partial charge is 0.501 e. The number of allylic oxidation sites excluding steroid dienone is 1. The Morgan fingerprint density at radius 3 is 2.37 bits per heavy atom. The first-order valence-corrected chi connectivity index (χ1v) is 15.1. The van der Waals surface area contributed by atoms with Crippen LogP contribution in [0.3, 0.4) is 0 Å². The molecule has 0 spiro atoms. The first-order chi connectivity index (χ1) is 18.6. The van der Waals surface area contributed by atoms with Crippen molar-refractivity contribution >= 4 is 32.3 Å². The molecule has 6 rings (SSSR count). The molecule has 3 saturated heterocycles. The van der Waals surface area contributed by atoms with Crippen molar-refractivity contribution in [3.8, 4) is 5.75 Å². The standard InChI is InChI=1S/C27H31ClN4O5Si/c28-24-7-2-22(3-8-24)4-11-27(33)23-5-9-26(10-6-23)34-21-25-20-32(30-29-25)12-1-19-38-35-16-13-31(14-17-36-38)15-18-37-38/h2-11,20H,1,12-19,21H2/b11-4+. The summed E-state index contributed by atoms with van der Waals surface area (Å²) in [4.78, 5) is 14.8. The number of nitrogens with zero attached hydrogens (tertiary/aromatic N) is 4. The molecule has 3 aliphatic rings. The number of rotatable bonds is 10. The van der Waals surface area contributed by atoms with E-state index in [4.69, 9.17) is 29.6 Å². The normalized spacial score (nSPS) is 21.7. The molecule has 200 valence electrons. The van der Waals surface area contributed by atoms with Gasteiger partial charge in [0.05, 0.1) is 26.0 Å². The van der Waals surface area contributed by atoms with Crippen LogP contribution in [0, 0.1) is 0 Å². The van der Waals surface area contributed by atoms with Gasteiger partial charge in [-0.2, -0.15) is 0 Å². The maximum absolute atomic E-state index is 12.5. The SMILES string of the molecule is O=C(/C=C/c1ccc(Cl)cc1)c1ccc(OCc2cn(CCC[Si]34OCCN(CCO3)CCO4)nn2)cc1. The lowest BCUT2D eigenvalue weighted by Gasteiger charge is -2.38. The molecule has 11 heteroatoms. The van der Waals surface area contributed by atoms with Crippen LogP contribution in [-0.4, -0.2) is 73.9 Å². The van der Waals surface area contributed by atoms with Gasteiger partial charge in [0.25, 0.3) is 0 Å². The number of ether oxygens (including phenoxy) is 1. The number of fused-ring (bicyclic) bond motifs is 6. The third kappa shape index (κ3) is 7.37. The maximum Gasteiger partial charge on any atom is 0.501 e. The highest BCUT2D eigenvalue weighted by Crippen LogP contribution is 2.22. The molecule has 2 aromatic carbocycles. The second kappa shape index (κ2) is 12.8. The van der Waals surface area contributed by atoms with E-state index >= 15 is 0 Å². The Morgan fingerprint density at radius 2 is 1.68 bits per heavy atom. The molecule has 1 aromatic heterocycles. The fraction of sp³-hybridized carbons (Fsp3) is 0.370. The molecule has 9 nitrogen and oxygen atoms in total. The number of carbonyl (C=O) groups excluding carboxylic acids is 1. The van der Waals surface area contributed by atoms with Crippen molar-refractivity contribution in [1.82, 2.24) is 19.9 Å². The van der Waals surface area contributed by atoms with E-state index in [1.165, 1.54) is 0 Å². The van der Waals surface area contributed by atoms with E-state index in [9.17, 15) is 4.79 Å². The molecule has 3 aliphatic heterocycles. The Labute approximate surface area is 228 Å². The van der Waals surface area contributed by atoms with E-state index in [-0.39, 0.29) is 12.4 Å². The summed E-state index contributed by atoms with van der Waals surface area (Å²) < 4.78 is 25.9. The Balaban J connectivity index is 1.07. The van der Waals surface area contributed by atoms with E-state index in [1.807, 2.05) is 23.0 Å². The van der Waals surface area contributed by atoms with Gasteiger partial charge in [0.2, 0.25) is 0 Å². The topological polar surface area (TPSA) is 87.9 Å². The molecule has 3 fully saturated rings. The Hall–Kier alpha value is -2.86. The summed E-state index contributed by atoms with van der Waals surface area (Å²) in [7, 11) is -2.62. The lowest BCUT2D eigenvalue weighted by molar-refractivity contribution is -0.00869. The highest BCUT2D eigenvalue weighted by molar-refractivity contribution is 6.60. The van der Waals surface area contributed by atoms with Crippen LogP contribution in [0.15, 0.2) is 60.8 Å². The molecule has 3 aromatic rings. The van der Waals surface area contributed by atoms with Crippen molar-refractivity contribution < 1.29 is 22.8 Å². The molecule has 0 unspecified atom stereocenters. The van der Waals surface area contributed by atoms with Crippen molar-refractivity contribution in [3.63, 3.8) is 0 Å². The van der Waals surface area contributed by atoms with Gasteiger partial charge < -0.3 is 18.0 Å². The monoisotopic (exact) mass is 554 g/mol. The number of carbonyl (C=O) groups is 1. The molecule has 2 bridgehead atoms. The van der Waals surface area contributed by atoms with Gasteiger partial charge in [0, 0.05) is 42.8 Å². The molecule has 0 saturated carbocycles. The molecular formula is C27H31ClN4O5Si. The first-order valence-electron chi connectivity index (χ1n) is 12.8. The molecule has 0 atom stereocenters. The van der Waals surface area contributed by atoms with Crippen molar-refractivity contribution in [2.24, 2.45) is 0 Å². The van der Waals surface area contributed by atoms with Crippen LogP contribution in [0.5, 0.6) is 5.75 Å². The minimum Gasteiger partial charge on any atom is -0.487 e. The molecule has 0 aliphatic carbocycles. The second-order valence-corrected chi connectivity index (χ2v) is 12.4. The number of halogens is 1. The maximum atomic E-state index is 12.5. The smallest absolute Gasteiger partial charge is 0.487 e. The molecule has 4 heterocycles. The van der Waals surface area contributed by atoms with Gasteiger partial charge in [-0.3, -0.25) is 14.4 Å². The summed E-state index contributed by atoms with van der Waals surface area (Å²) in [5.74, 6) is 0.570. The van der Waals surface area contributed by atoms with Crippen molar-refractivity contribution in [2.45, 2.75) is 25.6 Å². The van der Waals surface area contributed by atoms with Gasteiger partial charge in [0.15, 0.2) is 5.78 Å². The van der Waals surface area contributed by atoms with Crippen LogP contribution < -0.4 is 4.74 Å². The van der Waals surface area contributed by atoms with Crippen LogP contribution in [-0.2, 0) is 26.4 Å². The van der Waals surface area contributed by atoms with Crippen LogP contribution in [0.2, 0.25) is 11.1 Å². The van der Waals surface area contributed by atoms with Crippen molar-refractivity contribution in [3.05, 3.63) is 82.6 Å². The highest BCUT2D eigenvalue weighted by Gasteiger charge is 2.43. The summed E-state index contributed by atoms with van der Waals surface area (Å²) in [6.07, 6.45) is 6.03. The lowest BCUT2D eigenvalue weighted by Crippen LogP contribution is -2.55. The van der Waals surface area contributed by atoms with Gasteiger partial charge in [0.1, 0.15) is 18.1 Å². The van der Waals surface area contributed by atoms with Crippen molar-refractivity contribution in [1.29, 1.82) is 0 Å². The number of aryl methyl sites for hydroxylation is 1. The zero-order chi connectivity index (χ0) is 26.2. The summed E-state index contributed by atoms with van der Waals surface area (Å²) in [6, 6.07) is 15.1. The minimum absolute atomic E-state index is 0.0842.